The lowest BCUT2D eigenvalue weighted by molar-refractivity contribution is -0.120. The molecule has 7 heteroatoms. The second-order valence-electron chi connectivity index (χ2n) is 7.33. The molecule has 1 aliphatic heterocycles. The van der Waals surface area contributed by atoms with E-state index in [1.54, 1.807) is 24.3 Å². The number of nitrogens with one attached hydrogen (secondary N) is 1. The van der Waals surface area contributed by atoms with Crippen LogP contribution in [0.4, 0.5) is 5.69 Å². The smallest absolute Gasteiger partial charge is 0.228 e. The van der Waals surface area contributed by atoms with E-state index in [0.717, 1.165) is 16.8 Å². The van der Waals surface area contributed by atoms with E-state index in [2.05, 4.69) is 5.32 Å². The summed E-state index contributed by atoms with van der Waals surface area (Å²) < 4.78 is 27.1. The number of aryl methyl sites for hydroxylation is 2. The fraction of sp³-hybridized carbons (Fsp3) is 0.381. The van der Waals surface area contributed by atoms with Gasteiger partial charge in [0.25, 0.3) is 0 Å². The highest BCUT2D eigenvalue weighted by atomic mass is 35.5. The lowest BCUT2D eigenvalue weighted by Gasteiger charge is -2.31. The number of amides is 1. The molecule has 1 aliphatic rings. The third-order valence-electron chi connectivity index (χ3n) is 5.22. The molecule has 28 heavy (non-hydrogen) atoms. The molecule has 0 saturated carbocycles. The summed E-state index contributed by atoms with van der Waals surface area (Å²) in [5.41, 5.74) is 3.58. The Morgan fingerprint density at radius 3 is 2.64 bits per heavy atom. The van der Waals surface area contributed by atoms with E-state index in [4.69, 9.17) is 11.6 Å². The molecule has 1 saturated heterocycles. The minimum Gasteiger partial charge on any atom is -0.326 e. The fourth-order valence-corrected chi connectivity index (χ4v) is 5.30. The van der Waals surface area contributed by atoms with Crippen molar-refractivity contribution >= 4 is 33.2 Å². The molecule has 150 valence electrons. The van der Waals surface area contributed by atoms with Gasteiger partial charge in [0.05, 0.1) is 11.7 Å². The van der Waals surface area contributed by atoms with Crippen molar-refractivity contribution in [3.63, 3.8) is 0 Å². The Hall–Kier alpha value is -1.89. The van der Waals surface area contributed by atoms with Crippen molar-refractivity contribution in [2.45, 2.75) is 32.4 Å². The Balaban J connectivity index is 1.68. The number of anilines is 1. The number of sulfonamides is 1. The summed E-state index contributed by atoms with van der Waals surface area (Å²) in [6.07, 6.45) is 1.33. The molecule has 0 bridgehead atoms. The number of hydrogen-bond donors (Lipinski definition) is 1. The van der Waals surface area contributed by atoms with Crippen molar-refractivity contribution in [2.24, 2.45) is 5.92 Å². The molecule has 3 rings (SSSR count). The van der Waals surface area contributed by atoms with Gasteiger partial charge in [0, 0.05) is 23.8 Å². The van der Waals surface area contributed by atoms with Gasteiger partial charge in [0.1, 0.15) is 0 Å². The molecule has 1 atom stereocenters. The van der Waals surface area contributed by atoms with Crippen molar-refractivity contribution in [3.05, 3.63) is 64.2 Å². The molecule has 1 N–H and O–H groups in total. The van der Waals surface area contributed by atoms with E-state index in [1.165, 1.54) is 4.31 Å². The van der Waals surface area contributed by atoms with Gasteiger partial charge in [-0.15, -0.1) is 0 Å². The number of benzene rings is 2. The number of halogens is 1. The SMILES string of the molecule is Cc1ccc(NC(=O)[C@@H]2CCCN(S(=O)(=O)Cc3ccccc3Cl)C2)cc1C. The molecular weight excluding hydrogens is 396 g/mol. The minimum absolute atomic E-state index is 0.138. The normalized spacial score (nSPS) is 18.0. The Morgan fingerprint density at radius 1 is 1.18 bits per heavy atom. The average Bonchev–Trinajstić information content (AvgIpc) is 2.66. The molecule has 1 amide bonds. The van der Waals surface area contributed by atoms with Gasteiger partial charge in [0.2, 0.25) is 15.9 Å². The summed E-state index contributed by atoms with van der Waals surface area (Å²) >= 11 is 6.12. The monoisotopic (exact) mass is 420 g/mol. The Kier molecular flexibility index (Phi) is 6.43. The van der Waals surface area contributed by atoms with Crippen LogP contribution in [0, 0.1) is 19.8 Å². The van der Waals surface area contributed by atoms with E-state index >= 15 is 0 Å². The van der Waals surface area contributed by atoms with E-state index < -0.39 is 10.0 Å². The molecule has 1 heterocycles. The van der Waals surface area contributed by atoms with Gasteiger partial charge in [0.15, 0.2) is 0 Å². The van der Waals surface area contributed by atoms with Gasteiger partial charge in [-0.25, -0.2) is 12.7 Å². The first-order valence-corrected chi connectivity index (χ1v) is 11.3. The topological polar surface area (TPSA) is 66.5 Å². The standard InChI is InChI=1S/C21H25ClN2O3S/c1-15-9-10-19(12-16(15)2)23-21(25)17-7-5-11-24(13-17)28(26,27)14-18-6-3-4-8-20(18)22/h3-4,6,8-10,12,17H,5,7,11,13-14H2,1-2H3,(H,23,25)/t17-/m1/s1. The number of rotatable bonds is 5. The highest BCUT2D eigenvalue weighted by molar-refractivity contribution is 7.88. The van der Waals surface area contributed by atoms with Crippen LogP contribution in [0.2, 0.25) is 5.02 Å². The third kappa shape index (κ3) is 4.93. The Labute approximate surface area is 171 Å². The van der Waals surface area contributed by atoms with Crippen LogP contribution in [0.1, 0.15) is 29.5 Å². The zero-order chi connectivity index (χ0) is 20.3. The Morgan fingerprint density at radius 2 is 1.93 bits per heavy atom. The van der Waals surface area contributed by atoms with Crippen molar-refractivity contribution in [1.82, 2.24) is 4.31 Å². The van der Waals surface area contributed by atoms with E-state index in [1.807, 2.05) is 32.0 Å². The van der Waals surface area contributed by atoms with Crippen LogP contribution >= 0.6 is 11.6 Å². The van der Waals surface area contributed by atoms with Gasteiger partial charge in [-0.3, -0.25) is 4.79 Å². The first-order chi connectivity index (χ1) is 13.3. The fourth-order valence-electron chi connectivity index (χ4n) is 3.38. The van der Waals surface area contributed by atoms with Crippen molar-refractivity contribution in [1.29, 1.82) is 0 Å². The van der Waals surface area contributed by atoms with Crippen LogP contribution in [0.5, 0.6) is 0 Å². The number of carbonyl (C=O) groups excluding carboxylic acids is 1. The van der Waals surface area contributed by atoms with Gasteiger partial charge >= 0.3 is 0 Å². The molecular formula is C21H25ClN2O3S. The van der Waals surface area contributed by atoms with Crippen molar-refractivity contribution in [3.8, 4) is 0 Å². The van der Waals surface area contributed by atoms with Crippen LogP contribution in [0.15, 0.2) is 42.5 Å². The molecule has 5 nitrogen and oxygen atoms in total. The summed E-state index contributed by atoms with van der Waals surface area (Å²) in [7, 11) is -3.54. The molecule has 0 aromatic heterocycles. The van der Waals surface area contributed by atoms with E-state index in [-0.39, 0.29) is 24.1 Å². The quantitative estimate of drug-likeness (QED) is 0.790. The summed E-state index contributed by atoms with van der Waals surface area (Å²) in [5.74, 6) is -0.657. The number of piperidine rings is 1. The number of carbonyl (C=O) groups is 1. The van der Waals surface area contributed by atoms with Crippen molar-refractivity contribution in [2.75, 3.05) is 18.4 Å². The van der Waals surface area contributed by atoms with Crippen LogP contribution < -0.4 is 5.32 Å². The first kappa shape index (κ1) is 20.8. The molecule has 2 aromatic carbocycles. The van der Waals surface area contributed by atoms with Crippen LogP contribution in [-0.2, 0) is 20.6 Å². The summed E-state index contributed by atoms with van der Waals surface area (Å²) in [6, 6.07) is 12.7. The van der Waals surface area contributed by atoms with Crippen LogP contribution in [0.25, 0.3) is 0 Å². The maximum atomic E-state index is 12.9. The van der Waals surface area contributed by atoms with Crippen molar-refractivity contribution < 1.29 is 13.2 Å². The second-order valence-corrected chi connectivity index (χ2v) is 9.71. The summed E-state index contributed by atoms with van der Waals surface area (Å²) in [6.45, 7) is 4.64. The summed E-state index contributed by atoms with van der Waals surface area (Å²) in [5, 5.41) is 3.37. The minimum atomic E-state index is -3.54. The van der Waals surface area contributed by atoms with Crippen LogP contribution in [0.3, 0.4) is 0 Å². The predicted octanol–water partition coefficient (Wildman–Crippen LogP) is 4.14. The maximum absolute atomic E-state index is 12.9. The first-order valence-electron chi connectivity index (χ1n) is 9.35. The lowest BCUT2D eigenvalue weighted by Crippen LogP contribution is -2.44. The molecule has 2 aromatic rings. The zero-order valence-electron chi connectivity index (χ0n) is 16.1. The summed E-state index contributed by atoms with van der Waals surface area (Å²) in [4.78, 5) is 12.7. The highest BCUT2D eigenvalue weighted by Crippen LogP contribution is 2.25. The van der Waals surface area contributed by atoms with E-state index in [9.17, 15) is 13.2 Å². The molecule has 1 fully saturated rings. The Bertz CT molecular complexity index is 975. The predicted molar refractivity (Wildman–Crippen MR) is 113 cm³/mol. The zero-order valence-corrected chi connectivity index (χ0v) is 17.7. The lowest BCUT2D eigenvalue weighted by atomic mass is 9.98. The average molecular weight is 421 g/mol. The van der Waals surface area contributed by atoms with Gasteiger partial charge in [-0.1, -0.05) is 35.9 Å². The largest absolute Gasteiger partial charge is 0.326 e. The van der Waals surface area contributed by atoms with Gasteiger partial charge in [-0.2, -0.15) is 0 Å². The third-order valence-corrected chi connectivity index (χ3v) is 7.38. The van der Waals surface area contributed by atoms with Gasteiger partial charge in [-0.05, 0) is 61.6 Å². The van der Waals surface area contributed by atoms with E-state index in [0.29, 0.717) is 30.0 Å². The maximum Gasteiger partial charge on any atom is 0.228 e. The highest BCUT2D eigenvalue weighted by Gasteiger charge is 2.32. The second kappa shape index (κ2) is 8.64. The molecule has 0 spiro atoms. The number of nitrogens with zero attached hydrogens (tertiary/aromatic N) is 1. The number of hydrogen-bond acceptors (Lipinski definition) is 3. The van der Waals surface area contributed by atoms with Gasteiger partial charge < -0.3 is 5.32 Å². The molecule has 0 unspecified atom stereocenters. The molecule has 0 aliphatic carbocycles. The molecule has 0 radical (unpaired) electrons. The van der Waals surface area contributed by atoms with Crippen LogP contribution in [-0.4, -0.2) is 31.7 Å².